The van der Waals surface area contributed by atoms with Gasteiger partial charge in [-0.15, -0.1) is 0 Å². The highest BCUT2D eigenvalue weighted by molar-refractivity contribution is 5.81. The Hall–Kier alpha value is -3.15. The van der Waals surface area contributed by atoms with Gasteiger partial charge in [0.1, 0.15) is 25.5 Å². The van der Waals surface area contributed by atoms with Crippen LogP contribution in [0.5, 0.6) is 0 Å². The normalized spacial score (nSPS) is 11.2. The summed E-state index contributed by atoms with van der Waals surface area (Å²) in [6.45, 7) is 0.185. The van der Waals surface area contributed by atoms with Crippen LogP contribution in [-0.2, 0) is 32.3 Å². The van der Waals surface area contributed by atoms with Crippen molar-refractivity contribution in [3.8, 4) is 0 Å². The molecule has 6 heteroatoms. The summed E-state index contributed by atoms with van der Waals surface area (Å²) in [4.78, 5) is 34.8. The third-order valence-corrected chi connectivity index (χ3v) is 3.59. The van der Waals surface area contributed by atoms with Crippen LogP contribution in [0.3, 0.4) is 0 Å². The summed E-state index contributed by atoms with van der Waals surface area (Å²) >= 11 is 0. The minimum absolute atomic E-state index is 0.0894. The van der Waals surface area contributed by atoms with E-state index in [0.29, 0.717) is 6.29 Å². The van der Waals surface area contributed by atoms with Gasteiger partial charge in [-0.3, -0.25) is 0 Å². The Labute approximate surface area is 152 Å². The van der Waals surface area contributed by atoms with Crippen molar-refractivity contribution in [3.05, 3.63) is 71.8 Å². The molecule has 0 aliphatic heterocycles. The highest BCUT2D eigenvalue weighted by atomic mass is 16.6. The average molecular weight is 355 g/mol. The lowest BCUT2D eigenvalue weighted by Crippen LogP contribution is -2.42. The number of amides is 1. The molecule has 0 unspecified atom stereocenters. The van der Waals surface area contributed by atoms with E-state index < -0.39 is 18.1 Å². The topological polar surface area (TPSA) is 81.7 Å². The lowest BCUT2D eigenvalue weighted by atomic mass is 10.1. The van der Waals surface area contributed by atoms with Crippen LogP contribution in [0.15, 0.2) is 60.7 Å². The molecule has 0 spiro atoms. The van der Waals surface area contributed by atoms with Crippen LogP contribution in [0.4, 0.5) is 4.79 Å². The smallest absolute Gasteiger partial charge is 0.408 e. The Bertz CT molecular complexity index is 703. The lowest BCUT2D eigenvalue weighted by Gasteiger charge is -2.17. The number of aldehydes is 1. The molecule has 2 aromatic rings. The Kier molecular flexibility index (Phi) is 7.86. The van der Waals surface area contributed by atoms with E-state index in [9.17, 15) is 14.4 Å². The second kappa shape index (κ2) is 10.7. The summed E-state index contributed by atoms with van der Waals surface area (Å²) in [5, 5.41) is 2.46. The van der Waals surface area contributed by atoms with Crippen molar-refractivity contribution < 1.29 is 23.9 Å². The predicted octanol–water partition coefficient (Wildman–Crippen LogP) is 3.00. The number of rotatable bonds is 9. The lowest BCUT2D eigenvalue weighted by molar-refractivity contribution is -0.147. The molecule has 2 rings (SSSR count). The van der Waals surface area contributed by atoms with E-state index in [1.165, 1.54) is 0 Å². The van der Waals surface area contributed by atoms with Crippen molar-refractivity contribution >= 4 is 18.3 Å². The van der Waals surface area contributed by atoms with Crippen LogP contribution in [0.1, 0.15) is 24.0 Å². The van der Waals surface area contributed by atoms with E-state index in [-0.39, 0.29) is 26.1 Å². The monoisotopic (exact) mass is 355 g/mol. The molecule has 2 aromatic carbocycles. The quantitative estimate of drug-likeness (QED) is 0.552. The number of nitrogens with one attached hydrogen (secondary N) is 1. The van der Waals surface area contributed by atoms with E-state index in [1.807, 2.05) is 60.7 Å². The van der Waals surface area contributed by atoms with E-state index in [4.69, 9.17) is 9.47 Å². The molecule has 0 radical (unpaired) electrons. The number of benzene rings is 2. The van der Waals surface area contributed by atoms with Gasteiger partial charge < -0.3 is 19.6 Å². The number of ether oxygens (including phenoxy) is 2. The number of esters is 1. The van der Waals surface area contributed by atoms with E-state index >= 15 is 0 Å². The van der Waals surface area contributed by atoms with Gasteiger partial charge in [-0.25, -0.2) is 9.59 Å². The van der Waals surface area contributed by atoms with Crippen LogP contribution in [0, 0.1) is 0 Å². The van der Waals surface area contributed by atoms with Crippen molar-refractivity contribution in [2.45, 2.75) is 32.1 Å². The first kappa shape index (κ1) is 19.2. The third kappa shape index (κ3) is 6.76. The summed E-state index contributed by atoms with van der Waals surface area (Å²) in [5.74, 6) is -0.604. The third-order valence-electron chi connectivity index (χ3n) is 3.59. The van der Waals surface area contributed by atoms with Gasteiger partial charge in [0, 0.05) is 6.42 Å². The van der Waals surface area contributed by atoms with E-state index in [2.05, 4.69) is 5.32 Å². The molecule has 1 amide bonds. The number of hydrogen-bond acceptors (Lipinski definition) is 5. The zero-order chi connectivity index (χ0) is 18.6. The molecular weight excluding hydrogens is 334 g/mol. The Morgan fingerprint density at radius 1 is 0.885 bits per heavy atom. The van der Waals surface area contributed by atoms with Crippen molar-refractivity contribution in [1.82, 2.24) is 5.32 Å². The van der Waals surface area contributed by atoms with Gasteiger partial charge in [-0.05, 0) is 17.5 Å². The molecule has 0 saturated carbocycles. The average Bonchev–Trinajstić information content (AvgIpc) is 2.69. The standard InChI is InChI=1S/C20H21NO5/c22-13-7-12-18(19(23)25-14-16-8-3-1-4-9-16)21-20(24)26-15-17-10-5-2-6-11-17/h1-6,8-11,13,18H,7,12,14-15H2,(H,21,24)/t18-/m0/s1. The maximum Gasteiger partial charge on any atom is 0.408 e. The summed E-state index contributed by atoms with van der Waals surface area (Å²) in [6.07, 6.45) is 0.234. The molecular formula is C20H21NO5. The van der Waals surface area contributed by atoms with Crippen LogP contribution < -0.4 is 5.32 Å². The maximum atomic E-state index is 12.2. The maximum absolute atomic E-state index is 12.2. The van der Waals surface area contributed by atoms with Crippen molar-refractivity contribution in [2.24, 2.45) is 0 Å². The molecule has 136 valence electrons. The molecule has 0 bridgehead atoms. The van der Waals surface area contributed by atoms with Gasteiger partial charge in [-0.1, -0.05) is 60.7 Å². The largest absolute Gasteiger partial charge is 0.459 e. The van der Waals surface area contributed by atoms with Gasteiger partial charge in [0.25, 0.3) is 0 Å². The first-order chi connectivity index (χ1) is 12.7. The molecule has 1 N–H and O–H groups in total. The molecule has 0 saturated heterocycles. The SMILES string of the molecule is O=CCC[C@H](NC(=O)OCc1ccccc1)C(=O)OCc1ccccc1. The van der Waals surface area contributed by atoms with Gasteiger partial charge in [-0.2, -0.15) is 0 Å². The molecule has 0 aromatic heterocycles. The first-order valence-corrected chi connectivity index (χ1v) is 8.30. The van der Waals surface area contributed by atoms with Gasteiger partial charge >= 0.3 is 12.1 Å². The zero-order valence-corrected chi connectivity index (χ0v) is 14.3. The summed E-state index contributed by atoms with van der Waals surface area (Å²) in [5.41, 5.74) is 1.67. The fourth-order valence-corrected chi connectivity index (χ4v) is 2.22. The number of hydrogen-bond donors (Lipinski definition) is 1. The number of alkyl carbamates (subject to hydrolysis) is 1. The van der Waals surface area contributed by atoms with Gasteiger partial charge in [0.15, 0.2) is 0 Å². The number of carbonyl (C=O) groups is 3. The van der Waals surface area contributed by atoms with Crippen molar-refractivity contribution in [3.63, 3.8) is 0 Å². The van der Waals surface area contributed by atoms with E-state index in [0.717, 1.165) is 11.1 Å². The minimum Gasteiger partial charge on any atom is -0.459 e. The Balaban J connectivity index is 1.85. The van der Waals surface area contributed by atoms with Gasteiger partial charge in [0.05, 0.1) is 0 Å². The van der Waals surface area contributed by atoms with E-state index in [1.54, 1.807) is 0 Å². The predicted molar refractivity (Wildman–Crippen MR) is 95.1 cm³/mol. The number of carbonyl (C=O) groups excluding carboxylic acids is 3. The fraction of sp³-hybridized carbons (Fsp3) is 0.250. The molecule has 26 heavy (non-hydrogen) atoms. The summed E-state index contributed by atoms with van der Waals surface area (Å²) in [6, 6.07) is 17.4. The van der Waals surface area contributed by atoms with Crippen molar-refractivity contribution in [1.29, 1.82) is 0 Å². The zero-order valence-electron chi connectivity index (χ0n) is 14.3. The van der Waals surface area contributed by atoms with Gasteiger partial charge in [0.2, 0.25) is 0 Å². The Morgan fingerprint density at radius 3 is 1.96 bits per heavy atom. The second-order valence-electron chi connectivity index (χ2n) is 5.60. The van der Waals surface area contributed by atoms with Crippen LogP contribution in [0.2, 0.25) is 0 Å². The first-order valence-electron chi connectivity index (χ1n) is 8.30. The van der Waals surface area contributed by atoms with Crippen LogP contribution in [0.25, 0.3) is 0 Å². The molecule has 0 aliphatic rings. The summed E-state index contributed by atoms with van der Waals surface area (Å²) in [7, 11) is 0. The van der Waals surface area contributed by atoms with Crippen molar-refractivity contribution in [2.75, 3.05) is 0 Å². The highest BCUT2D eigenvalue weighted by Gasteiger charge is 2.22. The fourth-order valence-electron chi connectivity index (χ4n) is 2.22. The van der Waals surface area contributed by atoms with Crippen LogP contribution in [-0.4, -0.2) is 24.4 Å². The highest BCUT2D eigenvalue weighted by Crippen LogP contribution is 2.06. The molecule has 0 heterocycles. The second-order valence-corrected chi connectivity index (χ2v) is 5.60. The molecule has 0 fully saturated rings. The molecule has 1 atom stereocenters. The minimum atomic E-state index is -0.938. The molecule has 0 aliphatic carbocycles. The molecule has 6 nitrogen and oxygen atoms in total. The summed E-state index contributed by atoms with van der Waals surface area (Å²) < 4.78 is 10.3. The van der Waals surface area contributed by atoms with Crippen LogP contribution >= 0.6 is 0 Å². The Morgan fingerprint density at radius 2 is 1.42 bits per heavy atom.